The summed E-state index contributed by atoms with van der Waals surface area (Å²) >= 11 is 17.4. The Morgan fingerprint density at radius 1 is 1.29 bits per heavy atom. The Balaban J connectivity index is 2.73. The van der Waals surface area contributed by atoms with Crippen LogP contribution in [0.1, 0.15) is 19.8 Å². The largest absolute Gasteiger partial charge is 0.481 e. The van der Waals surface area contributed by atoms with Crippen LogP contribution in [-0.2, 0) is 14.8 Å². The second-order valence-corrected chi connectivity index (χ2v) is 7.43. The van der Waals surface area contributed by atoms with Gasteiger partial charge in [0.25, 0.3) is 0 Å². The molecule has 1 rings (SSSR count). The molecule has 5 nitrogen and oxygen atoms in total. The SMILES string of the molecule is CC(CCCNS(=O)(=O)c1c(Cl)cc(Cl)cc1Cl)C(=O)O. The molecule has 1 aromatic carbocycles. The standard InChI is InChI=1S/C12H14Cl3NO4S/c1-7(12(17)18)3-2-4-16-21(19,20)11-9(14)5-8(13)6-10(11)15/h5-7,16H,2-4H2,1H3,(H,17,18). The molecule has 118 valence electrons. The van der Waals surface area contributed by atoms with E-state index in [0.29, 0.717) is 12.8 Å². The van der Waals surface area contributed by atoms with E-state index in [2.05, 4.69) is 4.72 Å². The fraction of sp³-hybridized carbons (Fsp3) is 0.417. The van der Waals surface area contributed by atoms with Crippen molar-refractivity contribution in [1.29, 1.82) is 0 Å². The second kappa shape index (κ2) is 7.65. The number of nitrogens with one attached hydrogen (secondary N) is 1. The van der Waals surface area contributed by atoms with Gasteiger partial charge < -0.3 is 5.11 Å². The molecule has 2 N–H and O–H groups in total. The van der Waals surface area contributed by atoms with Crippen LogP contribution in [0.3, 0.4) is 0 Å². The van der Waals surface area contributed by atoms with E-state index >= 15 is 0 Å². The third-order valence-electron chi connectivity index (χ3n) is 2.76. The van der Waals surface area contributed by atoms with Gasteiger partial charge in [0.1, 0.15) is 4.90 Å². The topological polar surface area (TPSA) is 83.5 Å². The maximum atomic E-state index is 12.1. The van der Waals surface area contributed by atoms with Crippen molar-refractivity contribution in [3.63, 3.8) is 0 Å². The molecule has 1 unspecified atom stereocenters. The molecule has 0 saturated heterocycles. The monoisotopic (exact) mass is 373 g/mol. The lowest BCUT2D eigenvalue weighted by atomic mass is 10.1. The molecule has 0 spiro atoms. The maximum absolute atomic E-state index is 12.1. The molecule has 0 aliphatic heterocycles. The zero-order chi connectivity index (χ0) is 16.2. The number of sulfonamides is 1. The Bertz CT molecular complexity index is 610. The van der Waals surface area contributed by atoms with Crippen LogP contribution in [0, 0.1) is 5.92 Å². The molecule has 9 heteroatoms. The lowest BCUT2D eigenvalue weighted by Gasteiger charge is -2.11. The van der Waals surface area contributed by atoms with Crippen LogP contribution in [0.4, 0.5) is 0 Å². The molecule has 0 fully saturated rings. The van der Waals surface area contributed by atoms with Crippen LogP contribution >= 0.6 is 34.8 Å². The Kier molecular flexibility index (Phi) is 6.74. The van der Waals surface area contributed by atoms with Crippen LogP contribution < -0.4 is 4.72 Å². The van der Waals surface area contributed by atoms with E-state index in [9.17, 15) is 13.2 Å². The minimum absolute atomic E-state index is 0.0705. The van der Waals surface area contributed by atoms with Crippen LogP contribution in [-0.4, -0.2) is 26.0 Å². The molecule has 0 radical (unpaired) electrons. The first-order valence-electron chi connectivity index (χ1n) is 6.02. The molecule has 0 heterocycles. The quantitative estimate of drug-likeness (QED) is 0.716. The number of rotatable bonds is 7. The number of benzene rings is 1. The highest BCUT2D eigenvalue weighted by atomic mass is 35.5. The van der Waals surface area contributed by atoms with E-state index in [1.54, 1.807) is 6.92 Å². The molecule has 1 aromatic rings. The lowest BCUT2D eigenvalue weighted by molar-refractivity contribution is -0.141. The van der Waals surface area contributed by atoms with Crippen molar-refractivity contribution >= 4 is 50.8 Å². The predicted octanol–water partition coefficient (Wildman–Crippen LogP) is 3.43. The van der Waals surface area contributed by atoms with E-state index in [1.165, 1.54) is 12.1 Å². The Labute approximate surface area is 138 Å². The van der Waals surface area contributed by atoms with Crippen molar-refractivity contribution < 1.29 is 18.3 Å². The molecular weight excluding hydrogens is 361 g/mol. The normalized spacial score (nSPS) is 13.1. The summed E-state index contributed by atoms with van der Waals surface area (Å²) in [6.07, 6.45) is 0.745. The molecule has 0 amide bonds. The van der Waals surface area contributed by atoms with E-state index in [1.807, 2.05) is 0 Å². The number of carboxylic acids is 1. The first-order valence-corrected chi connectivity index (χ1v) is 8.64. The summed E-state index contributed by atoms with van der Waals surface area (Å²) in [5.41, 5.74) is 0. The molecule has 0 saturated carbocycles. The van der Waals surface area contributed by atoms with Crippen LogP contribution in [0.15, 0.2) is 17.0 Å². The van der Waals surface area contributed by atoms with Gasteiger partial charge in [-0.25, -0.2) is 13.1 Å². The van der Waals surface area contributed by atoms with Gasteiger partial charge >= 0.3 is 5.97 Å². The number of halogens is 3. The van der Waals surface area contributed by atoms with Gasteiger partial charge in [0.2, 0.25) is 10.0 Å². The molecule has 21 heavy (non-hydrogen) atoms. The van der Waals surface area contributed by atoms with E-state index in [-0.39, 0.29) is 26.5 Å². The van der Waals surface area contributed by atoms with Gasteiger partial charge in [-0.1, -0.05) is 41.7 Å². The first-order chi connectivity index (χ1) is 9.65. The molecule has 0 aliphatic carbocycles. The smallest absolute Gasteiger partial charge is 0.306 e. The van der Waals surface area contributed by atoms with Crippen molar-refractivity contribution in [2.75, 3.05) is 6.54 Å². The fourth-order valence-electron chi connectivity index (χ4n) is 1.60. The Morgan fingerprint density at radius 2 is 1.81 bits per heavy atom. The van der Waals surface area contributed by atoms with Crippen LogP contribution in [0.5, 0.6) is 0 Å². The first kappa shape index (κ1) is 18.5. The van der Waals surface area contributed by atoms with E-state index in [4.69, 9.17) is 39.9 Å². The summed E-state index contributed by atoms with van der Waals surface area (Å²) < 4.78 is 26.6. The third-order valence-corrected chi connectivity index (χ3v) is 5.36. The maximum Gasteiger partial charge on any atom is 0.306 e. The summed E-state index contributed by atoms with van der Waals surface area (Å²) in [5, 5.41) is 8.83. The van der Waals surface area contributed by atoms with Crippen molar-refractivity contribution in [1.82, 2.24) is 4.72 Å². The highest BCUT2D eigenvalue weighted by Crippen LogP contribution is 2.32. The fourth-order valence-corrected chi connectivity index (χ4v) is 4.21. The van der Waals surface area contributed by atoms with Gasteiger partial charge in [0.15, 0.2) is 0 Å². The van der Waals surface area contributed by atoms with Crippen LogP contribution in [0.2, 0.25) is 15.1 Å². The van der Waals surface area contributed by atoms with Gasteiger partial charge in [-0.05, 0) is 25.0 Å². The lowest BCUT2D eigenvalue weighted by Crippen LogP contribution is -2.26. The van der Waals surface area contributed by atoms with Gasteiger partial charge in [0.05, 0.1) is 16.0 Å². The summed E-state index contributed by atoms with van der Waals surface area (Å²) in [6.45, 7) is 1.65. The average Bonchev–Trinajstić information content (AvgIpc) is 2.32. The van der Waals surface area contributed by atoms with Gasteiger partial charge in [-0.2, -0.15) is 0 Å². The number of carbonyl (C=O) groups is 1. The molecule has 0 bridgehead atoms. The summed E-state index contributed by atoms with van der Waals surface area (Å²) in [7, 11) is -3.88. The van der Waals surface area contributed by atoms with Gasteiger partial charge in [-0.15, -0.1) is 0 Å². The summed E-state index contributed by atoms with van der Waals surface area (Å²) in [4.78, 5) is 10.4. The average molecular weight is 375 g/mol. The van der Waals surface area contributed by atoms with Crippen molar-refractivity contribution in [2.45, 2.75) is 24.7 Å². The number of aliphatic carboxylic acids is 1. The highest BCUT2D eigenvalue weighted by molar-refractivity contribution is 7.89. The molecule has 1 atom stereocenters. The van der Waals surface area contributed by atoms with Crippen LogP contribution in [0.25, 0.3) is 0 Å². The highest BCUT2D eigenvalue weighted by Gasteiger charge is 2.22. The van der Waals surface area contributed by atoms with Gasteiger partial charge in [-0.3, -0.25) is 4.79 Å². The minimum Gasteiger partial charge on any atom is -0.481 e. The Morgan fingerprint density at radius 3 is 2.29 bits per heavy atom. The summed E-state index contributed by atoms with van der Waals surface area (Å²) in [5.74, 6) is -1.45. The minimum atomic E-state index is -3.88. The van der Waals surface area contributed by atoms with Crippen molar-refractivity contribution in [3.8, 4) is 0 Å². The number of carboxylic acid groups (broad SMARTS) is 1. The second-order valence-electron chi connectivity index (χ2n) is 4.48. The molecular formula is C12H14Cl3NO4S. The zero-order valence-corrected chi connectivity index (χ0v) is 14.2. The van der Waals surface area contributed by atoms with E-state index in [0.717, 1.165) is 0 Å². The predicted molar refractivity (Wildman–Crippen MR) is 82.7 cm³/mol. The molecule has 0 aliphatic rings. The zero-order valence-electron chi connectivity index (χ0n) is 11.1. The van der Waals surface area contributed by atoms with Crippen molar-refractivity contribution in [3.05, 3.63) is 27.2 Å². The summed E-state index contributed by atoms with van der Waals surface area (Å²) in [6, 6.07) is 2.58. The van der Waals surface area contributed by atoms with E-state index < -0.39 is 21.9 Å². The third kappa shape index (κ3) is 5.30. The number of hydrogen-bond donors (Lipinski definition) is 2. The Hall–Kier alpha value is -0.530. The van der Waals surface area contributed by atoms with Gasteiger partial charge in [0, 0.05) is 11.6 Å². The molecule has 0 aromatic heterocycles. The number of hydrogen-bond acceptors (Lipinski definition) is 3. The van der Waals surface area contributed by atoms with Crippen molar-refractivity contribution in [2.24, 2.45) is 5.92 Å².